The fraction of sp³-hybridized carbons (Fsp3) is 0.929. The van der Waals surface area contributed by atoms with Crippen molar-refractivity contribution >= 4 is 5.91 Å². The number of amides is 1. The van der Waals surface area contributed by atoms with Crippen LogP contribution in [0.1, 0.15) is 52.9 Å². The normalized spacial score (nSPS) is 13.4. The van der Waals surface area contributed by atoms with Crippen LogP contribution in [0.5, 0.6) is 0 Å². The predicted octanol–water partition coefficient (Wildman–Crippen LogP) is 1.63. The zero-order chi connectivity index (χ0) is 14.0. The van der Waals surface area contributed by atoms with E-state index < -0.39 is 0 Å². The summed E-state index contributed by atoms with van der Waals surface area (Å²) in [5.74, 6) is 0.663. The first-order valence-electron chi connectivity index (χ1n) is 7.08. The highest BCUT2D eigenvalue weighted by Gasteiger charge is 2.24. The summed E-state index contributed by atoms with van der Waals surface area (Å²) >= 11 is 0. The first-order chi connectivity index (χ1) is 8.41. The van der Waals surface area contributed by atoms with Crippen molar-refractivity contribution in [3.63, 3.8) is 0 Å². The number of rotatable bonds is 9. The lowest BCUT2D eigenvalue weighted by Crippen LogP contribution is -2.28. The minimum Gasteiger partial charge on any atom is -0.356 e. The van der Waals surface area contributed by atoms with E-state index in [2.05, 4.69) is 26.1 Å². The van der Waals surface area contributed by atoms with Gasteiger partial charge in [-0.25, -0.2) is 0 Å². The van der Waals surface area contributed by atoms with Crippen molar-refractivity contribution in [1.29, 1.82) is 0 Å². The van der Waals surface area contributed by atoms with Gasteiger partial charge >= 0.3 is 0 Å². The van der Waals surface area contributed by atoms with Gasteiger partial charge < -0.3 is 16.8 Å². The molecular weight excluding hydrogens is 226 g/mol. The first-order valence-corrected chi connectivity index (χ1v) is 7.08. The molecule has 1 atom stereocenters. The zero-order valence-corrected chi connectivity index (χ0v) is 12.3. The molecule has 108 valence electrons. The van der Waals surface area contributed by atoms with Crippen molar-refractivity contribution in [2.75, 3.05) is 19.6 Å². The van der Waals surface area contributed by atoms with Crippen LogP contribution in [0.4, 0.5) is 0 Å². The Kier molecular flexibility index (Phi) is 9.02. The number of nitrogens with one attached hydrogen (secondary N) is 1. The van der Waals surface area contributed by atoms with Crippen LogP contribution in [-0.4, -0.2) is 25.5 Å². The lowest BCUT2D eigenvalue weighted by Gasteiger charge is -2.30. The summed E-state index contributed by atoms with van der Waals surface area (Å²) in [5, 5.41) is 2.94. The molecule has 0 rings (SSSR count). The highest BCUT2D eigenvalue weighted by Crippen LogP contribution is 2.31. The van der Waals surface area contributed by atoms with Crippen molar-refractivity contribution in [2.45, 2.75) is 52.9 Å². The van der Waals surface area contributed by atoms with E-state index in [4.69, 9.17) is 11.5 Å². The highest BCUT2D eigenvalue weighted by atomic mass is 16.1. The number of carbonyl (C=O) groups is 1. The maximum atomic E-state index is 11.7. The second-order valence-electron chi connectivity index (χ2n) is 6.02. The minimum absolute atomic E-state index is 0.151. The second kappa shape index (κ2) is 9.34. The lowest BCUT2D eigenvalue weighted by atomic mass is 9.76. The molecular formula is C14H31N3O. The molecule has 1 amide bonds. The Labute approximate surface area is 112 Å². The minimum atomic E-state index is 0.151. The van der Waals surface area contributed by atoms with Gasteiger partial charge in [-0.2, -0.15) is 0 Å². The summed E-state index contributed by atoms with van der Waals surface area (Å²) in [6.45, 7) is 8.77. The molecule has 0 bridgehead atoms. The van der Waals surface area contributed by atoms with Crippen molar-refractivity contribution in [3.8, 4) is 0 Å². The number of hydrogen-bond donors (Lipinski definition) is 3. The Bertz CT molecular complexity index is 224. The first kappa shape index (κ1) is 17.4. The van der Waals surface area contributed by atoms with Gasteiger partial charge in [0.25, 0.3) is 0 Å². The number of hydrogen-bond acceptors (Lipinski definition) is 3. The summed E-state index contributed by atoms with van der Waals surface area (Å²) in [6, 6.07) is 0. The third-order valence-corrected chi connectivity index (χ3v) is 3.41. The topological polar surface area (TPSA) is 81.1 Å². The van der Waals surface area contributed by atoms with E-state index in [1.807, 2.05) is 0 Å². The van der Waals surface area contributed by atoms with Gasteiger partial charge in [-0.15, -0.1) is 0 Å². The maximum absolute atomic E-state index is 11.7. The molecule has 0 aliphatic rings. The van der Waals surface area contributed by atoms with E-state index in [1.165, 1.54) is 0 Å². The van der Waals surface area contributed by atoms with Crippen LogP contribution in [0.25, 0.3) is 0 Å². The molecule has 0 heterocycles. The maximum Gasteiger partial charge on any atom is 0.220 e. The molecule has 0 aliphatic heterocycles. The summed E-state index contributed by atoms with van der Waals surface area (Å²) in [5.41, 5.74) is 11.3. The summed E-state index contributed by atoms with van der Waals surface area (Å²) in [4.78, 5) is 11.7. The highest BCUT2D eigenvalue weighted by molar-refractivity contribution is 5.75. The Morgan fingerprint density at radius 1 is 1.11 bits per heavy atom. The van der Waals surface area contributed by atoms with Crippen LogP contribution in [0.3, 0.4) is 0 Å². The Hall–Kier alpha value is -0.610. The molecule has 0 saturated heterocycles. The van der Waals surface area contributed by atoms with E-state index in [1.54, 1.807) is 0 Å². The van der Waals surface area contributed by atoms with Crippen LogP contribution < -0.4 is 16.8 Å². The second-order valence-corrected chi connectivity index (χ2v) is 6.02. The quantitative estimate of drug-likeness (QED) is 0.549. The monoisotopic (exact) mass is 257 g/mol. The average molecular weight is 257 g/mol. The van der Waals surface area contributed by atoms with Crippen LogP contribution in [0.2, 0.25) is 0 Å². The Morgan fingerprint density at radius 3 is 2.28 bits per heavy atom. The third-order valence-electron chi connectivity index (χ3n) is 3.41. The van der Waals surface area contributed by atoms with Crippen LogP contribution in [0.15, 0.2) is 0 Å². The lowest BCUT2D eigenvalue weighted by molar-refractivity contribution is -0.121. The van der Waals surface area contributed by atoms with Crippen LogP contribution >= 0.6 is 0 Å². The molecule has 0 aromatic carbocycles. The average Bonchev–Trinajstić information content (AvgIpc) is 2.28. The Balaban J connectivity index is 3.86. The van der Waals surface area contributed by atoms with Gasteiger partial charge in [-0.3, -0.25) is 4.79 Å². The molecule has 0 saturated carbocycles. The zero-order valence-electron chi connectivity index (χ0n) is 12.3. The molecule has 1 unspecified atom stereocenters. The van der Waals surface area contributed by atoms with E-state index in [-0.39, 0.29) is 11.3 Å². The molecule has 0 aromatic rings. The van der Waals surface area contributed by atoms with Crippen molar-refractivity contribution in [3.05, 3.63) is 0 Å². The van der Waals surface area contributed by atoms with E-state index in [0.29, 0.717) is 25.4 Å². The molecule has 0 spiro atoms. The van der Waals surface area contributed by atoms with Crippen molar-refractivity contribution < 1.29 is 4.79 Å². The number of unbranched alkanes of at least 4 members (excludes halogenated alkanes) is 1. The Morgan fingerprint density at radius 2 is 1.78 bits per heavy atom. The van der Waals surface area contributed by atoms with E-state index in [0.717, 1.165) is 32.2 Å². The van der Waals surface area contributed by atoms with Crippen molar-refractivity contribution in [2.24, 2.45) is 22.8 Å². The van der Waals surface area contributed by atoms with Gasteiger partial charge in [0.1, 0.15) is 0 Å². The number of carbonyl (C=O) groups excluding carboxylic acids is 1. The molecule has 18 heavy (non-hydrogen) atoms. The van der Waals surface area contributed by atoms with Gasteiger partial charge in [0, 0.05) is 13.0 Å². The van der Waals surface area contributed by atoms with Gasteiger partial charge in [0.2, 0.25) is 5.91 Å². The predicted molar refractivity (Wildman–Crippen MR) is 77.1 cm³/mol. The molecule has 0 radical (unpaired) electrons. The third kappa shape index (κ3) is 8.48. The fourth-order valence-electron chi connectivity index (χ4n) is 2.10. The van der Waals surface area contributed by atoms with Gasteiger partial charge in [-0.1, -0.05) is 20.8 Å². The van der Waals surface area contributed by atoms with Crippen LogP contribution in [0, 0.1) is 11.3 Å². The molecule has 4 nitrogen and oxygen atoms in total. The summed E-state index contributed by atoms with van der Waals surface area (Å²) in [7, 11) is 0. The summed E-state index contributed by atoms with van der Waals surface area (Å²) < 4.78 is 0. The smallest absolute Gasteiger partial charge is 0.220 e. The molecule has 0 aliphatic carbocycles. The van der Waals surface area contributed by atoms with E-state index >= 15 is 0 Å². The molecule has 0 aromatic heterocycles. The summed E-state index contributed by atoms with van der Waals surface area (Å²) in [6.07, 6.45) is 4.45. The van der Waals surface area contributed by atoms with Crippen molar-refractivity contribution in [1.82, 2.24) is 5.32 Å². The van der Waals surface area contributed by atoms with Gasteiger partial charge in [0.15, 0.2) is 0 Å². The molecule has 5 N–H and O–H groups in total. The number of nitrogens with two attached hydrogens (primary N) is 2. The molecule has 0 fully saturated rings. The SMILES string of the molecule is CC(C)(C)C(CCN)CCC(=O)NCCCCN. The molecule has 4 heteroatoms. The van der Waals surface area contributed by atoms with E-state index in [9.17, 15) is 4.79 Å². The van der Waals surface area contributed by atoms with Crippen LogP contribution in [-0.2, 0) is 4.79 Å². The van der Waals surface area contributed by atoms with Gasteiger partial charge in [0.05, 0.1) is 0 Å². The van der Waals surface area contributed by atoms with Gasteiger partial charge in [-0.05, 0) is 50.1 Å². The largest absolute Gasteiger partial charge is 0.356 e. The fourth-order valence-corrected chi connectivity index (χ4v) is 2.10. The standard InChI is InChI=1S/C14H31N3O/c1-14(2,3)12(8-10-16)6-7-13(18)17-11-5-4-9-15/h12H,4-11,15-16H2,1-3H3,(H,17,18).